The van der Waals surface area contributed by atoms with Gasteiger partial charge < -0.3 is 15.8 Å². The van der Waals surface area contributed by atoms with Gasteiger partial charge in [-0.1, -0.05) is 6.07 Å². The average molecular weight is 312 g/mol. The van der Waals surface area contributed by atoms with E-state index < -0.39 is 12.0 Å². The molecular weight excluding hydrogens is 292 g/mol. The molecule has 5 heteroatoms. The number of amides is 2. The minimum Gasteiger partial charge on any atom is -0.481 e. The Hall–Kier alpha value is -2.82. The van der Waals surface area contributed by atoms with Gasteiger partial charge in [0.05, 0.1) is 0 Å². The molecule has 2 aromatic carbocycles. The zero-order valence-corrected chi connectivity index (χ0v) is 13.4. The number of aryl methyl sites for hydroxylation is 2. The van der Waals surface area contributed by atoms with Gasteiger partial charge in [0, 0.05) is 11.3 Å². The van der Waals surface area contributed by atoms with Crippen LogP contribution in [0.3, 0.4) is 0 Å². The molecule has 0 fully saturated rings. The second kappa shape index (κ2) is 6.96. The fourth-order valence-electron chi connectivity index (χ4n) is 2.22. The first-order valence-electron chi connectivity index (χ1n) is 7.31. The second-order valence-corrected chi connectivity index (χ2v) is 5.51. The first-order valence-corrected chi connectivity index (χ1v) is 7.31. The topological polar surface area (TPSA) is 81.4 Å². The van der Waals surface area contributed by atoms with Crippen LogP contribution in [0.1, 0.15) is 28.4 Å². The molecule has 2 aromatic rings. The predicted octanol–water partition coefficient (Wildman–Crippen LogP) is 2.81. The Balaban J connectivity index is 2.00. The normalized spacial score (nSPS) is 11.6. The summed E-state index contributed by atoms with van der Waals surface area (Å²) in [6.45, 7) is 5.64. The molecule has 0 saturated carbocycles. The van der Waals surface area contributed by atoms with Crippen molar-refractivity contribution in [1.82, 2.24) is 0 Å². The SMILES string of the molecule is Cc1cc(C)cc(OC(C)C(=O)Nc2ccc(C(N)=O)cc2)c1. The molecule has 23 heavy (non-hydrogen) atoms. The number of carbonyl (C=O) groups excluding carboxylic acids is 2. The van der Waals surface area contributed by atoms with Crippen molar-refractivity contribution < 1.29 is 14.3 Å². The molecule has 0 aliphatic rings. The zero-order valence-electron chi connectivity index (χ0n) is 13.4. The minimum absolute atomic E-state index is 0.268. The highest BCUT2D eigenvalue weighted by atomic mass is 16.5. The third-order valence-corrected chi connectivity index (χ3v) is 3.31. The number of nitrogens with one attached hydrogen (secondary N) is 1. The van der Waals surface area contributed by atoms with Crippen LogP contribution in [0.2, 0.25) is 0 Å². The number of primary amides is 1. The highest BCUT2D eigenvalue weighted by molar-refractivity contribution is 5.96. The van der Waals surface area contributed by atoms with Gasteiger partial charge in [0.15, 0.2) is 6.10 Å². The number of nitrogens with two attached hydrogens (primary N) is 1. The number of ether oxygens (including phenoxy) is 1. The lowest BCUT2D eigenvalue weighted by atomic mass is 10.1. The molecule has 1 atom stereocenters. The molecule has 0 saturated heterocycles. The van der Waals surface area contributed by atoms with Gasteiger partial charge >= 0.3 is 0 Å². The van der Waals surface area contributed by atoms with Crippen LogP contribution in [0, 0.1) is 13.8 Å². The Kier molecular flexibility index (Phi) is 5.01. The largest absolute Gasteiger partial charge is 0.481 e. The lowest BCUT2D eigenvalue weighted by Gasteiger charge is -2.15. The van der Waals surface area contributed by atoms with Crippen molar-refractivity contribution in [1.29, 1.82) is 0 Å². The Morgan fingerprint density at radius 2 is 1.61 bits per heavy atom. The first kappa shape index (κ1) is 16.5. The number of benzene rings is 2. The van der Waals surface area contributed by atoms with Gasteiger partial charge in [0.2, 0.25) is 5.91 Å². The van der Waals surface area contributed by atoms with Crippen molar-refractivity contribution in [2.45, 2.75) is 26.9 Å². The van der Waals surface area contributed by atoms with Crippen LogP contribution in [0.15, 0.2) is 42.5 Å². The summed E-state index contributed by atoms with van der Waals surface area (Å²) in [7, 11) is 0. The van der Waals surface area contributed by atoms with Crippen molar-refractivity contribution >= 4 is 17.5 Å². The second-order valence-electron chi connectivity index (χ2n) is 5.51. The fourth-order valence-corrected chi connectivity index (χ4v) is 2.22. The molecule has 0 heterocycles. The van der Waals surface area contributed by atoms with Crippen LogP contribution >= 0.6 is 0 Å². The lowest BCUT2D eigenvalue weighted by molar-refractivity contribution is -0.122. The summed E-state index contributed by atoms with van der Waals surface area (Å²) in [5, 5.41) is 2.74. The Labute approximate surface area is 135 Å². The van der Waals surface area contributed by atoms with E-state index in [4.69, 9.17) is 10.5 Å². The number of hydrogen-bond donors (Lipinski definition) is 2. The van der Waals surface area contributed by atoms with E-state index >= 15 is 0 Å². The van der Waals surface area contributed by atoms with Crippen molar-refractivity contribution in [3.8, 4) is 5.75 Å². The van der Waals surface area contributed by atoms with E-state index in [0.29, 0.717) is 17.0 Å². The monoisotopic (exact) mass is 312 g/mol. The smallest absolute Gasteiger partial charge is 0.265 e. The maximum atomic E-state index is 12.2. The molecule has 5 nitrogen and oxygen atoms in total. The summed E-state index contributed by atoms with van der Waals surface area (Å²) >= 11 is 0. The number of carbonyl (C=O) groups is 2. The maximum Gasteiger partial charge on any atom is 0.265 e. The molecule has 0 spiro atoms. The van der Waals surface area contributed by atoms with E-state index in [-0.39, 0.29) is 5.91 Å². The quantitative estimate of drug-likeness (QED) is 0.890. The van der Waals surface area contributed by atoms with Gasteiger partial charge in [0.1, 0.15) is 5.75 Å². The number of rotatable bonds is 5. The van der Waals surface area contributed by atoms with Crippen LogP contribution in [0.25, 0.3) is 0 Å². The van der Waals surface area contributed by atoms with Crippen LogP contribution in [0.4, 0.5) is 5.69 Å². The Bertz CT molecular complexity index is 703. The molecule has 0 aromatic heterocycles. The van der Waals surface area contributed by atoms with E-state index in [0.717, 1.165) is 11.1 Å². The summed E-state index contributed by atoms with van der Waals surface area (Å²) < 4.78 is 5.69. The van der Waals surface area contributed by atoms with E-state index in [1.54, 1.807) is 31.2 Å². The summed E-state index contributed by atoms with van der Waals surface area (Å²) in [5.74, 6) is -0.111. The molecular formula is C18H20N2O3. The maximum absolute atomic E-state index is 12.2. The highest BCUT2D eigenvalue weighted by Crippen LogP contribution is 2.18. The van der Waals surface area contributed by atoms with Gasteiger partial charge in [-0.05, 0) is 68.3 Å². The van der Waals surface area contributed by atoms with Gasteiger partial charge in [-0.3, -0.25) is 9.59 Å². The average Bonchev–Trinajstić information content (AvgIpc) is 2.46. The molecule has 120 valence electrons. The molecule has 1 unspecified atom stereocenters. The lowest BCUT2D eigenvalue weighted by Crippen LogP contribution is -2.30. The van der Waals surface area contributed by atoms with Gasteiger partial charge in [0.25, 0.3) is 5.91 Å². The van der Waals surface area contributed by atoms with E-state index in [1.807, 2.05) is 32.0 Å². The van der Waals surface area contributed by atoms with Crippen molar-refractivity contribution in [2.24, 2.45) is 5.73 Å². The van der Waals surface area contributed by atoms with E-state index in [2.05, 4.69) is 5.32 Å². The summed E-state index contributed by atoms with van der Waals surface area (Å²) in [6.07, 6.45) is -0.646. The van der Waals surface area contributed by atoms with Crippen molar-refractivity contribution in [2.75, 3.05) is 5.32 Å². The van der Waals surface area contributed by atoms with E-state index in [1.165, 1.54) is 0 Å². The summed E-state index contributed by atoms with van der Waals surface area (Å²) in [6, 6.07) is 12.2. The molecule has 0 aliphatic carbocycles. The van der Waals surface area contributed by atoms with Crippen molar-refractivity contribution in [3.05, 3.63) is 59.2 Å². The van der Waals surface area contributed by atoms with Crippen LogP contribution in [-0.2, 0) is 4.79 Å². The molecule has 0 bridgehead atoms. The predicted molar refractivity (Wildman–Crippen MR) is 89.6 cm³/mol. The molecule has 0 aliphatic heterocycles. The number of anilines is 1. The summed E-state index contributed by atoms with van der Waals surface area (Å²) in [5.41, 5.74) is 8.30. The fraction of sp³-hybridized carbons (Fsp3) is 0.222. The summed E-state index contributed by atoms with van der Waals surface area (Å²) in [4.78, 5) is 23.2. The number of hydrogen-bond acceptors (Lipinski definition) is 3. The third kappa shape index (κ3) is 4.57. The van der Waals surface area contributed by atoms with Gasteiger partial charge in [-0.25, -0.2) is 0 Å². The highest BCUT2D eigenvalue weighted by Gasteiger charge is 2.15. The standard InChI is InChI=1S/C18H20N2O3/c1-11-8-12(2)10-16(9-11)23-13(3)18(22)20-15-6-4-14(5-7-15)17(19)21/h4-10,13H,1-3H3,(H2,19,21)(H,20,22). The molecule has 2 rings (SSSR count). The Morgan fingerprint density at radius 1 is 1.04 bits per heavy atom. The van der Waals surface area contributed by atoms with Gasteiger partial charge in [-0.2, -0.15) is 0 Å². The van der Waals surface area contributed by atoms with Gasteiger partial charge in [-0.15, -0.1) is 0 Å². The Morgan fingerprint density at radius 3 is 2.13 bits per heavy atom. The third-order valence-electron chi connectivity index (χ3n) is 3.31. The first-order chi connectivity index (χ1) is 10.8. The zero-order chi connectivity index (χ0) is 17.0. The van der Waals surface area contributed by atoms with Crippen LogP contribution < -0.4 is 15.8 Å². The molecule has 3 N–H and O–H groups in total. The van der Waals surface area contributed by atoms with E-state index in [9.17, 15) is 9.59 Å². The minimum atomic E-state index is -0.646. The van der Waals surface area contributed by atoms with Crippen molar-refractivity contribution in [3.63, 3.8) is 0 Å². The van der Waals surface area contributed by atoms with Crippen LogP contribution in [-0.4, -0.2) is 17.9 Å². The molecule has 0 radical (unpaired) electrons. The van der Waals surface area contributed by atoms with Crippen LogP contribution in [0.5, 0.6) is 5.75 Å². The molecule has 2 amide bonds.